The average Bonchev–Trinajstić information content (AvgIpc) is 3.38. The smallest absolute Gasteiger partial charge is 0.259 e. The molecule has 2 aromatic heterocycles. The summed E-state index contributed by atoms with van der Waals surface area (Å²) >= 11 is 2.81. The number of anilines is 1. The van der Waals surface area contributed by atoms with E-state index in [9.17, 15) is 18.0 Å². The number of H-pyrrole nitrogens is 1. The third-order valence-corrected chi connectivity index (χ3v) is 9.32. The topological polar surface area (TPSA) is 112 Å². The Morgan fingerprint density at radius 1 is 1.28 bits per heavy atom. The maximum atomic E-state index is 12.7. The summed E-state index contributed by atoms with van der Waals surface area (Å²) in [4.78, 5) is 34.0. The molecule has 0 bridgehead atoms. The molecule has 170 valence electrons. The largest absolute Gasteiger partial charge is 0.325 e. The van der Waals surface area contributed by atoms with Gasteiger partial charge in [0, 0.05) is 23.7 Å². The van der Waals surface area contributed by atoms with E-state index in [1.165, 1.54) is 33.5 Å². The van der Waals surface area contributed by atoms with Gasteiger partial charge >= 0.3 is 0 Å². The molecule has 3 heterocycles. The van der Waals surface area contributed by atoms with Crippen molar-refractivity contribution < 1.29 is 13.2 Å². The van der Waals surface area contributed by atoms with Gasteiger partial charge in [-0.3, -0.25) is 9.59 Å². The zero-order valence-electron chi connectivity index (χ0n) is 17.8. The molecule has 0 atom stereocenters. The molecule has 0 unspecified atom stereocenters. The number of thioether (sulfide) groups is 1. The lowest BCUT2D eigenvalue weighted by Gasteiger charge is -2.16. The van der Waals surface area contributed by atoms with Crippen molar-refractivity contribution in [1.29, 1.82) is 0 Å². The van der Waals surface area contributed by atoms with Gasteiger partial charge in [0.15, 0.2) is 0 Å². The molecule has 3 aromatic rings. The highest BCUT2D eigenvalue weighted by Gasteiger charge is 2.27. The lowest BCUT2D eigenvalue weighted by Crippen LogP contribution is -2.28. The van der Waals surface area contributed by atoms with Crippen LogP contribution in [0.15, 0.2) is 34.0 Å². The van der Waals surface area contributed by atoms with Crippen LogP contribution in [0.4, 0.5) is 5.69 Å². The van der Waals surface area contributed by atoms with Crippen LogP contribution >= 0.6 is 23.1 Å². The molecule has 32 heavy (non-hydrogen) atoms. The number of thiophene rings is 1. The lowest BCUT2D eigenvalue weighted by atomic mass is 10.2. The van der Waals surface area contributed by atoms with E-state index in [4.69, 9.17) is 0 Å². The fourth-order valence-electron chi connectivity index (χ4n) is 3.62. The minimum absolute atomic E-state index is 0.146. The van der Waals surface area contributed by atoms with Gasteiger partial charge in [-0.2, -0.15) is 4.31 Å². The highest BCUT2D eigenvalue weighted by molar-refractivity contribution is 7.99. The third kappa shape index (κ3) is 4.75. The van der Waals surface area contributed by atoms with Crippen molar-refractivity contribution in [2.45, 2.75) is 37.3 Å². The van der Waals surface area contributed by atoms with Crippen LogP contribution < -0.4 is 10.9 Å². The summed E-state index contributed by atoms with van der Waals surface area (Å²) in [5.41, 5.74) is 1.23. The van der Waals surface area contributed by atoms with Gasteiger partial charge in [-0.25, -0.2) is 13.4 Å². The van der Waals surface area contributed by atoms with Gasteiger partial charge in [-0.05, 0) is 50.5 Å². The summed E-state index contributed by atoms with van der Waals surface area (Å²) in [7, 11) is -3.54. The average molecular weight is 493 g/mol. The monoisotopic (exact) mass is 492 g/mol. The standard InChI is InChI=1S/C21H24N4O4S3/c1-13-14(2)31-21-19(13)20(27)23-17(24-21)11-30-12-18(26)22-15-6-5-7-16(10-15)32(28,29)25-8-3-4-9-25/h5-7,10H,3-4,8-9,11-12H2,1-2H3,(H,22,26)(H,23,24,27). The molecule has 1 saturated heterocycles. The molecule has 0 aliphatic carbocycles. The SMILES string of the molecule is Cc1sc2nc(CSCC(=O)Nc3cccc(S(=O)(=O)N4CCCC4)c3)[nH]c(=O)c2c1C. The van der Waals surface area contributed by atoms with Crippen LogP contribution in [0.1, 0.15) is 29.1 Å². The Morgan fingerprint density at radius 2 is 2.03 bits per heavy atom. The van der Waals surface area contributed by atoms with E-state index in [0.29, 0.717) is 40.6 Å². The molecule has 2 N–H and O–H groups in total. The van der Waals surface area contributed by atoms with Gasteiger partial charge in [-0.15, -0.1) is 23.1 Å². The summed E-state index contributed by atoms with van der Waals surface area (Å²) in [5, 5.41) is 3.38. The molecule has 1 aliphatic heterocycles. The van der Waals surface area contributed by atoms with Gasteiger partial charge in [0.25, 0.3) is 5.56 Å². The Balaban J connectivity index is 1.37. The number of carbonyl (C=O) groups excluding carboxylic acids is 1. The molecule has 0 saturated carbocycles. The number of hydrogen-bond acceptors (Lipinski definition) is 7. The van der Waals surface area contributed by atoms with Crippen LogP contribution in [-0.4, -0.2) is 47.4 Å². The van der Waals surface area contributed by atoms with E-state index in [2.05, 4.69) is 15.3 Å². The first-order chi connectivity index (χ1) is 15.3. The number of amides is 1. The Hall–Kier alpha value is -2.21. The number of benzene rings is 1. The number of fused-ring (bicyclic) bond motifs is 1. The highest BCUT2D eigenvalue weighted by Crippen LogP contribution is 2.26. The second-order valence-electron chi connectivity index (χ2n) is 7.66. The number of aromatic nitrogens is 2. The van der Waals surface area contributed by atoms with Crippen molar-refractivity contribution in [3.63, 3.8) is 0 Å². The van der Waals surface area contributed by atoms with Gasteiger partial charge in [-0.1, -0.05) is 6.07 Å². The molecule has 0 radical (unpaired) electrons. The predicted molar refractivity (Wildman–Crippen MR) is 129 cm³/mol. The summed E-state index contributed by atoms with van der Waals surface area (Å²) in [5.74, 6) is 0.808. The first-order valence-corrected chi connectivity index (χ1v) is 13.6. The molecular weight excluding hydrogens is 468 g/mol. The molecule has 1 aromatic carbocycles. The molecule has 8 nitrogen and oxygen atoms in total. The Bertz CT molecular complexity index is 1320. The minimum Gasteiger partial charge on any atom is -0.325 e. The van der Waals surface area contributed by atoms with E-state index in [1.54, 1.807) is 18.2 Å². The van der Waals surface area contributed by atoms with Gasteiger partial charge in [0.1, 0.15) is 10.7 Å². The third-order valence-electron chi connectivity index (χ3n) is 5.38. The van der Waals surface area contributed by atoms with E-state index in [-0.39, 0.29) is 22.1 Å². The van der Waals surface area contributed by atoms with Crippen molar-refractivity contribution in [3.05, 3.63) is 50.9 Å². The molecular formula is C21H24N4O4S3. The lowest BCUT2D eigenvalue weighted by molar-refractivity contribution is -0.113. The number of aromatic amines is 1. The van der Waals surface area contributed by atoms with Crippen LogP contribution in [0.2, 0.25) is 0 Å². The van der Waals surface area contributed by atoms with E-state index in [1.807, 2.05) is 13.8 Å². The van der Waals surface area contributed by atoms with Gasteiger partial charge in [0.05, 0.1) is 21.8 Å². The molecule has 11 heteroatoms. The van der Waals surface area contributed by atoms with Crippen molar-refractivity contribution in [2.75, 3.05) is 24.2 Å². The van der Waals surface area contributed by atoms with E-state index in [0.717, 1.165) is 23.3 Å². The number of hydrogen-bond donors (Lipinski definition) is 2. The number of aryl methyl sites for hydroxylation is 2. The van der Waals surface area contributed by atoms with Crippen molar-refractivity contribution in [2.24, 2.45) is 0 Å². The quantitative estimate of drug-likeness (QED) is 0.524. The normalized spacial score (nSPS) is 14.8. The summed E-state index contributed by atoms with van der Waals surface area (Å²) < 4.78 is 26.9. The number of rotatable bonds is 7. The number of nitrogens with zero attached hydrogens (tertiary/aromatic N) is 2. The van der Waals surface area contributed by atoms with Crippen molar-refractivity contribution in [1.82, 2.24) is 14.3 Å². The molecule has 1 amide bonds. The summed E-state index contributed by atoms with van der Waals surface area (Å²) in [6.45, 7) is 4.94. The van der Waals surface area contributed by atoms with Crippen molar-refractivity contribution >= 4 is 54.9 Å². The molecule has 1 fully saturated rings. The second kappa shape index (κ2) is 9.34. The van der Waals surface area contributed by atoms with Crippen LogP contribution in [-0.2, 0) is 20.6 Å². The summed E-state index contributed by atoms with van der Waals surface area (Å²) in [6.07, 6.45) is 1.73. The van der Waals surface area contributed by atoms with Gasteiger partial charge < -0.3 is 10.3 Å². The Kier molecular flexibility index (Phi) is 6.70. The second-order valence-corrected chi connectivity index (χ2v) is 11.8. The van der Waals surface area contributed by atoms with Crippen LogP contribution in [0.25, 0.3) is 10.2 Å². The van der Waals surface area contributed by atoms with E-state index < -0.39 is 10.0 Å². The first-order valence-electron chi connectivity index (χ1n) is 10.2. The fraction of sp³-hybridized carbons (Fsp3) is 0.381. The number of nitrogens with one attached hydrogen (secondary N) is 2. The predicted octanol–water partition coefficient (Wildman–Crippen LogP) is 3.26. The Labute approximate surface area is 194 Å². The van der Waals surface area contributed by atoms with E-state index >= 15 is 0 Å². The first kappa shape index (κ1) is 23.0. The zero-order valence-corrected chi connectivity index (χ0v) is 20.3. The van der Waals surface area contributed by atoms with Gasteiger partial charge in [0.2, 0.25) is 15.9 Å². The fourth-order valence-corrected chi connectivity index (χ4v) is 6.92. The number of carbonyl (C=O) groups is 1. The van der Waals surface area contributed by atoms with Crippen LogP contribution in [0, 0.1) is 13.8 Å². The molecule has 0 spiro atoms. The maximum Gasteiger partial charge on any atom is 0.259 e. The summed E-state index contributed by atoms with van der Waals surface area (Å²) in [6, 6.07) is 6.33. The van der Waals surface area contributed by atoms with Crippen molar-refractivity contribution in [3.8, 4) is 0 Å². The minimum atomic E-state index is -3.54. The zero-order chi connectivity index (χ0) is 22.9. The van der Waals surface area contributed by atoms with Crippen LogP contribution in [0.3, 0.4) is 0 Å². The molecule has 4 rings (SSSR count). The maximum absolute atomic E-state index is 12.7. The highest BCUT2D eigenvalue weighted by atomic mass is 32.2. The molecule has 1 aliphatic rings. The van der Waals surface area contributed by atoms with Crippen LogP contribution in [0.5, 0.6) is 0 Å². The Morgan fingerprint density at radius 3 is 2.78 bits per heavy atom. The number of sulfonamides is 1.